The number of nitrogens with one attached hydrogen (secondary N) is 2. The minimum atomic E-state index is -0.394. The molecule has 18 heavy (non-hydrogen) atoms. The number of aryl methyl sites for hydroxylation is 1. The Labute approximate surface area is 102 Å². The summed E-state index contributed by atoms with van der Waals surface area (Å²) in [4.78, 5) is 23.3. The summed E-state index contributed by atoms with van der Waals surface area (Å²) in [6, 6.07) is 5.45. The van der Waals surface area contributed by atoms with E-state index in [0.29, 0.717) is 5.69 Å². The molecule has 0 fully saturated rings. The van der Waals surface area contributed by atoms with Crippen LogP contribution in [0.3, 0.4) is 0 Å². The van der Waals surface area contributed by atoms with Gasteiger partial charge in [0, 0.05) is 5.69 Å². The van der Waals surface area contributed by atoms with Gasteiger partial charge < -0.3 is 5.73 Å². The quantitative estimate of drug-likeness (QED) is 0.634. The second-order valence-electron chi connectivity index (χ2n) is 4.60. The van der Waals surface area contributed by atoms with Crippen molar-refractivity contribution in [2.75, 3.05) is 5.73 Å². The first-order chi connectivity index (χ1) is 8.66. The van der Waals surface area contributed by atoms with Gasteiger partial charge in [-0.25, -0.2) is 24.4 Å². The van der Waals surface area contributed by atoms with Crippen LogP contribution >= 0.6 is 0 Å². The molecule has 1 heterocycles. The van der Waals surface area contributed by atoms with Gasteiger partial charge in [-0.3, -0.25) is 0 Å². The first-order valence-corrected chi connectivity index (χ1v) is 5.94. The van der Waals surface area contributed by atoms with Gasteiger partial charge in [0.15, 0.2) is 0 Å². The Balaban J connectivity index is 2.18. The fraction of sp³-hybridized carbons (Fsp3) is 0.333. The van der Waals surface area contributed by atoms with Crippen LogP contribution in [-0.2, 0) is 6.42 Å². The van der Waals surface area contributed by atoms with Crippen molar-refractivity contribution in [3.05, 3.63) is 50.3 Å². The van der Waals surface area contributed by atoms with Crippen LogP contribution in [0, 0.1) is 0 Å². The first kappa shape index (κ1) is 10.9. The molecule has 1 aromatic carbocycles. The van der Waals surface area contributed by atoms with Gasteiger partial charge in [0.2, 0.25) is 0 Å². The molecular weight excluding hydrogens is 232 g/mol. The second kappa shape index (κ2) is 3.90. The lowest BCUT2D eigenvalue weighted by Gasteiger charge is -2.25. The third-order valence-electron chi connectivity index (χ3n) is 3.48. The fourth-order valence-corrected chi connectivity index (χ4v) is 2.68. The van der Waals surface area contributed by atoms with Crippen molar-refractivity contribution < 1.29 is 0 Å². The van der Waals surface area contributed by atoms with E-state index in [1.165, 1.54) is 4.57 Å². The van der Waals surface area contributed by atoms with Crippen LogP contribution in [0.5, 0.6) is 0 Å². The number of H-pyrrole nitrogens is 2. The zero-order valence-corrected chi connectivity index (χ0v) is 9.77. The van der Waals surface area contributed by atoms with Crippen molar-refractivity contribution in [2.24, 2.45) is 0 Å². The topological polar surface area (TPSA) is 96.7 Å². The number of hydrogen-bond acceptors (Lipinski definition) is 3. The number of fused-ring (bicyclic) bond motifs is 1. The summed E-state index contributed by atoms with van der Waals surface area (Å²) in [5.74, 6) is 0. The molecule has 1 unspecified atom stereocenters. The Morgan fingerprint density at radius 2 is 1.94 bits per heavy atom. The smallest absolute Gasteiger partial charge is 0.344 e. The van der Waals surface area contributed by atoms with Gasteiger partial charge in [-0.1, -0.05) is 6.07 Å². The average Bonchev–Trinajstić information content (AvgIpc) is 2.68. The third kappa shape index (κ3) is 1.57. The van der Waals surface area contributed by atoms with Gasteiger partial charge in [-0.15, -0.1) is 0 Å². The molecule has 0 saturated carbocycles. The van der Waals surface area contributed by atoms with Gasteiger partial charge in [0.05, 0.1) is 6.04 Å². The summed E-state index contributed by atoms with van der Waals surface area (Å²) >= 11 is 0. The normalized spacial score (nSPS) is 18.6. The number of benzene rings is 1. The van der Waals surface area contributed by atoms with Crippen LogP contribution in [0.1, 0.15) is 30.0 Å². The maximum atomic E-state index is 11.7. The van der Waals surface area contributed by atoms with E-state index in [-0.39, 0.29) is 6.04 Å². The molecule has 3 rings (SSSR count). The molecule has 0 spiro atoms. The van der Waals surface area contributed by atoms with Crippen LogP contribution in [0.15, 0.2) is 27.8 Å². The number of hydrogen-bond donors (Lipinski definition) is 3. The van der Waals surface area contributed by atoms with E-state index >= 15 is 0 Å². The van der Waals surface area contributed by atoms with Crippen LogP contribution in [0.2, 0.25) is 0 Å². The highest BCUT2D eigenvalue weighted by molar-refractivity contribution is 5.46. The highest BCUT2D eigenvalue weighted by atomic mass is 16.2. The standard InChI is InChI=1S/C12H14N4O2/c13-8-4-5-9-7(6-8)2-1-3-10(9)16-11(17)14-15-12(16)18/h4-6,10H,1-3,13H2,(H,14,17)(H,15,18). The van der Waals surface area contributed by atoms with E-state index in [9.17, 15) is 9.59 Å². The summed E-state index contributed by atoms with van der Waals surface area (Å²) in [7, 11) is 0. The zero-order valence-electron chi connectivity index (χ0n) is 9.77. The Morgan fingerprint density at radius 3 is 2.67 bits per heavy atom. The molecule has 0 aliphatic heterocycles. The average molecular weight is 246 g/mol. The maximum absolute atomic E-state index is 11.7. The molecule has 0 bridgehead atoms. The minimum absolute atomic E-state index is 0.197. The maximum Gasteiger partial charge on any atom is 0.344 e. The number of aromatic nitrogens is 3. The molecule has 6 heteroatoms. The molecular formula is C12H14N4O2. The van der Waals surface area contributed by atoms with E-state index in [2.05, 4.69) is 10.2 Å². The molecule has 6 nitrogen and oxygen atoms in total. The molecule has 2 aromatic rings. The summed E-state index contributed by atoms with van der Waals surface area (Å²) in [6.45, 7) is 0. The van der Waals surface area contributed by atoms with E-state index < -0.39 is 11.4 Å². The molecule has 1 aromatic heterocycles. The van der Waals surface area contributed by atoms with Gasteiger partial charge >= 0.3 is 11.4 Å². The van der Waals surface area contributed by atoms with E-state index in [4.69, 9.17) is 5.73 Å². The zero-order chi connectivity index (χ0) is 12.7. The van der Waals surface area contributed by atoms with Gasteiger partial charge in [-0.05, 0) is 42.5 Å². The van der Waals surface area contributed by atoms with Gasteiger partial charge in [0.1, 0.15) is 0 Å². The van der Waals surface area contributed by atoms with E-state index in [0.717, 1.165) is 30.4 Å². The summed E-state index contributed by atoms with van der Waals surface area (Å²) in [5, 5.41) is 4.64. The van der Waals surface area contributed by atoms with Crippen molar-refractivity contribution in [1.82, 2.24) is 14.8 Å². The molecule has 0 amide bonds. The Hall–Kier alpha value is -2.24. The highest BCUT2D eigenvalue weighted by Gasteiger charge is 2.24. The van der Waals surface area contributed by atoms with Crippen molar-refractivity contribution in [3.63, 3.8) is 0 Å². The van der Waals surface area contributed by atoms with Gasteiger partial charge in [-0.2, -0.15) is 0 Å². The van der Waals surface area contributed by atoms with E-state index in [1.807, 2.05) is 18.2 Å². The number of nitrogens with zero attached hydrogens (tertiary/aromatic N) is 1. The molecule has 0 saturated heterocycles. The Bertz CT molecular complexity index is 667. The van der Waals surface area contributed by atoms with Crippen molar-refractivity contribution in [2.45, 2.75) is 25.3 Å². The number of rotatable bonds is 1. The number of nitrogens with two attached hydrogens (primary N) is 1. The molecule has 1 atom stereocenters. The van der Waals surface area contributed by atoms with Crippen molar-refractivity contribution in [1.29, 1.82) is 0 Å². The monoisotopic (exact) mass is 246 g/mol. The summed E-state index contributed by atoms with van der Waals surface area (Å²) in [5.41, 5.74) is 7.83. The predicted molar refractivity (Wildman–Crippen MR) is 67.6 cm³/mol. The fourth-order valence-electron chi connectivity index (χ4n) is 2.68. The third-order valence-corrected chi connectivity index (χ3v) is 3.48. The van der Waals surface area contributed by atoms with Gasteiger partial charge in [0.25, 0.3) is 0 Å². The predicted octanol–water partition coefficient (Wildman–Crippen LogP) is 0.373. The number of nitrogen functional groups attached to an aromatic ring is 1. The van der Waals surface area contributed by atoms with Crippen molar-refractivity contribution in [3.8, 4) is 0 Å². The SMILES string of the molecule is Nc1ccc2c(c1)CCCC2n1c(=O)[nH][nH]c1=O. The molecule has 1 aliphatic carbocycles. The molecule has 94 valence electrons. The second-order valence-corrected chi connectivity index (χ2v) is 4.60. The lowest BCUT2D eigenvalue weighted by Crippen LogP contribution is -2.33. The summed E-state index contributed by atoms with van der Waals surface area (Å²) in [6.07, 6.45) is 2.67. The molecule has 4 N–H and O–H groups in total. The number of anilines is 1. The van der Waals surface area contributed by atoms with Crippen LogP contribution in [0.25, 0.3) is 0 Å². The van der Waals surface area contributed by atoms with Crippen LogP contribution < -0.4 is 17.1 Å². The van der Waals surface area contributed by atoms with Crippen molar-refractivity contribution >= 4 is 5.69 Å². The van der Waals surface area contributed by atoms with E-state index in [1.54, 1.807) is 0 Å². The largest absolute Gasteiger partial charge is 0.399 e. The Morgan fingerprint density at radius 1 is 1.22 bits per heavy atom. The van der Waals surface area contributed by atoms with Crippen LogP contribution in [-0.4, -0.2) is 14.8 Å². The highest BCUT2D eigenvalue weighted by Crippen LogP contribution is 2.32. The lowest BCUT2D eigenvalue weighted by molar-refractivity contribution is 0.469. The molecule has 0 radical (unpaired) electrons. The summed E-state index contributed by atoms with van der Waals surface area (Å²) < 4.78 is 1.24. The minimum Gasteiger partial charge on any atom is -0.399 e. The number of aromatic amines is 2. The van der Waals surface area contributed by atoms with Crippen LogP contribution in [0.4, 0.5) is 5.69 Å². The first-order valence-electron chi connectivity index (χ1n) is 5.94. The molecule has 1 aliphatic rings. The Kier molecular flexibility index (Phi) is 2.36. The lowest BCUT2D eigenvalue weighted by atomic mass is 9.87.